The Kier molecular flexibility index (Phi) is 2.53. The Hall–Kier alpha value is -1.30. The molecule has 2 rings (SSSR count). The SMILES string of the molecule is O=c1c(Br)ccc2ccc(C(F)(F)F)cn12. The van der Waals surface area contributed by atoms with Gasteiger partial charge in [-0.3, -0.25) is 9.20 Å². The quantitative estimate of drug-likeness (QED) is 0.731. The molecule has 0 aromatic carbocycles. The highest BCUT2D eigenvalue weighted by Crippen LogP contribution is 2.28. The smallest absolute Gasteiger partial charge is 0.283 e. The van der Waals surface area contributed by atoms with Gasteiger partial charge in [-0.25, -0.2) is 0 Å². The lowest BCUT2D eigenvalue weighted by molar-refractivity contribution is -0.137. The van der Waals surface area contributed by atoms with Crippen LogP contribution >= 0.6 is 15.9 Å². The van der Waals surface area contributed by atoms with E-state index in [0.717, 1.165) is 16.7 Å². The Morgan fingerprint density at radius 2 is 1.75 bits per heavy atom. The number of halogens is 4. The van der Waals surface area contributed by atoms with E-state index in [0.29, 0.717) is 5.52 Å². The first-order valence-corrected chi connectivity index (χ1v) is 5.07. The maximum atomic E-state index is 12.4. The topological polar surface area (TPSA) is 21.5 Å². The van der Waals surface area contributed by atoms with Crippen molar-refractivity contribution in [2.75, 3.05) is 0 Å². The molecule has 0 fully saturated rings. The Bertz CT molecular complexity index is 603. The van der Waals surface area contributed by atoms with Crippen LogP contribution in [0.4, 0.5) is 13.2 Å². The first kappa shape index (κ1) is 11.2. The van der Waals surface area contributed by atoms with Crippen molar-refractivity contribution in [2.24, 2.45) is 0 Å². The van der Waals surface area contributed by atoms with Crippen LogP contribution in [0.15, 0.2) is 39.7 Å². The first-order chi connectivity index (χ1) is 7.39. The third-order valence-corrected chi connectivity index (χ3v) is 2.73. The predicted molar refractivity (Wildman–Crippen MR) is 56.4 cm³/mol. The lowest BCUT2D eigenvalue weighted by atomic mass is 10.2. The van der Waals surface area contributed by atoms with Crippen LogP contribution in [-0.2, 0) is 6.18 Å². The zero-order valence-corrected chi connectivity index (χ0v) is 9.34. The minimum Gasteiger partial charge on any atom is -0.283 e. The molecule has 0 saturated heterocycles. The lowest BCUT2D eigenvalue weighted by Crippen LogP contribution is -2.16. The molecular formula is C10H5BrF3NO. The maximum absolute atomic E-state index is 12.4. The van der Waals surface area contributed by atoms with Gasteiger partial charge >= 0.3 is 6.18 Å². The third kappa shape index (κ3) is 1.84. The number of rotatable bonds is 0. The summed E-state index contributed by atoms with van der Waals surface area (Å²) in [5.41, 5.74) is -0.940. The van der Waals surface area contributed by atoms with E-state index >= 15 is 0 Å². The van der Waals surface area contributed by atoms with Crippen molar-refractivity contribution >= 4 is 21.4 Å². The molecule has 0 aliphatic rings. The largest absolute Gasteiger partial charge is 0.417 e. The van der Waals surface area contributed by atoms with Gasteiger partial charge in [0.1, 0.15) is 0 Å². The van der Waals surface area contributed by atoms with Crippen LogP contribution < -0.4 is 5.56 Å². The molecule has 0 N–H and O–H groups in total. The molecular weight excluding hydrogens is 287 g/mol. The van der Waals surface area contributed by atoms with Crippen molar-refractivity contribution in [1.29, 1.82) is 0 Å². The zero-order valence-electron chi connectivity index (χ0n) is 7.75. The maximum Gasteiger partial charge on any atom is 0.417 e. The van der Waals surface area contributed by atoms with Crippen molar-refractivity contribution in [3.8, 4) is 0 Å². The molecule has 2 nitrogen and oxygen atoms in total. The summed E-state index contributed by atoms with van der Waals surface area (Å²) in [6.07, 6.45) is -3.65. The number of pyridine rings is 2. The minimum atomic E-state index is -4.45. The van der Waals surface area contributed by atoms with E-state index in [2.05, 4.69) is 15.9 Å². The number of fused-ring (bicyclic) bond motifs is 1. The van der Waals surface area contributed by atoms with Crippen molar-refractivity contribution in [3.63, 3.8) is 0 Å². The van der Waals surface area contributed by atoms with Gasteiger partial charge in [-0.05, 0) is 40.2 Å². The van der Waals surface area contributed by atoms with Crippen molar-refractivity contribution in [2.45, 2.75) is 6.18 Å². The number of aromatic nitrogens is 1. The van der Waals surface area contributed by atoms with E-state index in [1.165, 1.54) is 12.1 Å². The molecule has 0 spiro atoms. The molecule has 2 aromatic rings. The molecule has 16 heavy (non-hydrogen) atoms. The second kappa shape index (κ2) is 3.62. The lowest BCUT2D eigenvalue weighted by Gasteiger charge is -2.08. The summed E-state index contributed by atoms with van der Waals surface area (Å²) < 4.78 is 38.5. The summed E-state index contributed by atoms with van der Waals surface area (Å²) in [4.78, 5) is 11.6. The van der Waals surface area contributed by atoms with Crippen molar-refractivity contribution < 1.29 is 13.2 Å². The van der Waals surface area contributed by atoms with Gasteiger partial charge in [-0.1, -0.05) is 0 Å². The van der Waals surface area contributed by atoms with E-state index in [1.807, 2.05) is 0 Å². The number of alkyl halides is 3. The second-order valence-electron chi connectivity index (χ2n) is 3.20. The van der Waals surface area contributed by atoms with Crippen LogP contribution in [0.3, 0.4) is 0 Å². The molecule has 0 unspecified atom stereocenters. The summed E-state index contributed by atoms with van der Waals surface area (Å²) in [6.45, 7) is 0. The Morgan fingerprint density at radius 3 is 2.38 bits per heavy atom. The molecule has 84 valence electrons. The first-order valence-electron chi connectivity index (χ1n) is 4.28. The van der Waals surface area contributed by atoms with Crippen LogP contribution in [-0.4, -0.2) is 4.40 Å². The second-order valence-corrected chi connectivity index (χ2v) is 4.05. The van der Waals surface area contributed by atoms with Crippen LogP contribution in [0.2, 0.25) is 0 Å². The van der Waals surface area contributed by atoms with Crippen molar-refractivity contribution in [1.82, 2.24) is 4.40 Å². The normalized spacial score (nSPS) is 12.0. The fourth-order valence-electron chi connectivity index (χ4n) is 1.34. The van der Waals surface area contributed by atoms with E-state index in [1.54, 1.807) is 6.07 Å². The molecule has 0 radical (unpaired) electrons. The van der Waals surface area contributed by atoms with Crippen LogP contribution in [0, 0.1) is 0 Å². The Labute approximate surface area is 96.5 Å². The van der Waals surface area contributed by atoms with Gasteiger partial charge in [0.2, 0.25) is 0 Å². The number of nitrogens with zero attached hydrogens (tertiary/aromatic N) is 1. The highest BCUT2D eigenvalue weighted by atomic mass is 79.9. The van der Waals surface area contributed by atoms with Gasteiger partial charge < -0.3 is 0 Å². The molecule has 0 bridgehead atoms. The van der Waals surface area contributed by atoms with Gasteiger partial charge in [0.25, 0.3) is 5.56 Å². The summed E-state index contributed by atoms with van der Waals surface area (Å²) in [6, 6.07) is 5.27. The summed E-state index contributed by atoms with van der Waals surface area (Å²) in [7, 11) is 0. The van der Waals surface area contributed by atoms with Gasteiger partial charge in [-0.15, -0.1) is 0 Å². The molecule has 2 aromatic heterocycles. The summed E-state index contributed by atoms with van der Waals surface area (Å²) >= 11 is 2.98. The molecule has 0 aliphatic heterocycles. The molecule has 0 amide bonds. The average molecular weight is 292 g/mol. The standard InChI is InChI=1S/C10H5BrF3NO/c11-8-4-3-7-2-1-6(10(12,13)14)5-15(7)9(8)16/h1-5H. The Balaban J connectivity index is 2.79. The Morgan fingerprint density at radius 1 is 1.12 bits per heavy atom. The van der Waals surface area contributed by atoms with E-state index < -0.39 is 17.3 Å². The fourth-order valence-corrected chi connectivity index (χ4v) is 1.66. The fraction of sp³-hybridized carbons (Fsp3) is 0.100. The van der Waals surface area contributed by atoms with Crippen LogP contribution in [0.5, 0.6) is 0 Å². The molecule has 6 heteroatoms. The summed E-state index contributed by atoms with van der Waals surface area (Å²) in [5, 5.41) is 0. The third-order valence-electron chi connectivity index (χ3n) is 2.13. The monoisotopic (exact) mass is 291 g/mol. The van der Waals surface area contributed by atoms with E-state index in [-0.39, 0.29) is 4.47 Å². The van der Waals surface area contributed by atoms with E-state index in [4.69, 9.17) is 0 Å². The number of hydrogen-bond donors (Lipinski definition) is 0. The molecule has 0 aliphatic carbocycles. The molecule has 0 atom stereocenters. The van der Waals surface area contributed by atoms with Gasteiger partial charge in [0.15, 0.2) is 0 Å². The summed E-state index contributed by atoms with van der Waals surface area (Å²) in [5.74, 6) is 0. The molecule has 0 saturated carbocycles. The minimum absolute atomic E-state index is 0.226. The van der Waals surface area contributed by atoms with Gasteiger partial charge in [0, 0.05) is 11.7 Å². The molecule has 2 heterocycles. The predicted octanol–water partition coefficient (Wildman–Crippen LogP) is 3.08. The van der Waals surface area contributed by atoms with E-state index in [9.17, 15) is 18.0 Å². The van der Waals surface area contributed by atoms with Crippen LogP contribution in [0.25, 0.3) is 5.52 Å². The zero-order chi connectivity index (χ0) is 11.9. The highest BCUT2D eigenvalue weighted by molar-refractivity contribution is 9.10. The van der Waals surface area contributed by atoms with Gasteiger partial charge in [-0.2, -0.15) is 13.2 Å². The number of hydrogen-bond acceptors (Lipinski definition) is 1. The van der Waals surface area contributed by atoms with Gasteiger partial charge in [0.05, 0.1) is 10.0 Å². The van der Waals surface area contributed by atoms with Crippen LogP contribution in [0.1, 0.15) is 5.56 Å². The highest BCUT2D eigenvalue weighted by Gasteiger charge is 2.30. The average Bonchev–Trinajstić information content (AvgIpc) is 2.22. The van der Waals surface area contributed by atoms with Crippen molar-refractivity contribution in [3.05, 3.63) is 50.9 Å².